The van der Waals surface area contributed by atoms with Crippen molar-refractivity contribution in [3.63, 3.8) is 0 Å². The first-order chi connectivity index (χ1) is 39.3. The molecule has 10 rings (SSSR count). The minimum Gasteiger partial charge on any atom is -0.524 e. The fourth-order valence-corrected chi connectivity index (χ4v) is 9.48. The van der Waals surface area contributed by atoms with Gasteiger partial charge in [0.15, 0.2) is 0 Å². The van der Waals surface area contributed by atoms with Crippen LogP contribution in [-0.4, -0.2) is 75.4 Å². The number of methoxy groups -OCH3 is 1. The van der Waals surface area contributed by atoms with E-state index in [1.54, 1.807) is 0 Å². The summed E-state index contributed by atoms with van der Waals surface area (Å²) in [4.78, 5) is 2.53. The highest BCUT2D eigenvalue weighted by molar-refractivity contribution is 9.11. The number of nitrogens with two attached hydrogens (primary N) is 2. The summed E-state index contributed by atoms with van der Waals surface area (Å²) in [5.74, 6) is 1.58. The summed E-state index contributed by atoms with van der Waals surface area (Å²) in [6, 6.07) is 49.6. The van der Waals surface area contributed by atoms with Crippen LogP contribution in [0.5, 0.6) is 11.5 Å². The van der Waals surface area contributed by atoms with E-state index in [0.29, 0.717) is 19.5 Å². The van der Waals surface area contributed by atoms with Crippen LogP contribution >= 0.6 is 63.7 Å². The quantitative estimate of drug-likeness (QED) is 0.0539. The van der Waals surface area contributed by atoms with Crippen molar-refractivity contribution in [1.82, 2.24) is 4.81 Å². The van der Waals surface area contributed by atoms with Crippen molar-refractivity contribution < 1.29 is 71.4 Å². The number of hydrogen-bond acceptors (Lipinski definition) is 9. The van der Waals surface area contributed by atoms with Gasteiger partial charge in [-0.15, -0.1) is 0 Å². The zero-order valence-electron chi connectivity index (χ0n) is 44.0. The van der Waals surface area contributed by atoms with Gasteiger partial charge in [0.25, 0.3) is 0 Å². The van der Waals surface area contributed by atoms with E-state index in [1.165, 1.54) is 129 Å². The molecule has 0 bridgehead atoms. The van der Waals surface area contributed by atoms with Crippen LogP contribution < -0.4 is 20.8 Å². The minimum atomic E-state index is -4.66. The molecule has 27 heteroatoms. The lowest BCUT2D eigenvalue weighted by molar-refractivity contribution is -0.274. The number of alkyl halides is 12. The molecule has 3 atom stereocenters. The Balaban J connectivity index is 0.000000274. The Kier molecular flexibility index (Phi) is 28.4. The number of hydrogen-bond donors (Lipinski definition) is 4. The molecule has 9 nitrogen and oxygen atoms in total. The molecule has 3 aliphatic heterocycles. The molecule has 7 aromatic carbocycles. The van der Waals surface area contributed by atoms with Gasteiger partial charge in [0.1, 0.15) is 34.6 Å². The van der Waals surface area contributed by atoms with E-state index in [2.05, 4.69) is 141 Å². The molecular weight excluding hydrogens is 1410 g/mol. The zero-order valence-corrected chi connectivity index (χ0v) is 50.4. The molecule has 1 radical (unpaired) electrons. The Morgan fingerprint density at radius 1 is 0.593 bits per heavy atom. The Hall–Kier alpha value is -5.51. The lowest BCUT2D eigenvalue weighted by Crippen LogP contribution is -2.51. The number of nitrogens with one attached hydrogen (secondary N) is 2. The second kappa shape index (κ2) is 32.6. The molecule has 461 valence electrons. The van der Waals surface area contributed by atoms with Crippen LogP contribution in [0.15, 0.2) is 200 Å². The molecule has 1 unspecified atom stereocenters. The highest BCUT2D eigenvalue weighted by atomic mass is 79.9. The second-order valence-corrected chi connectivity index (χ2v) is 21.8. The number of fused-ring (bicyclic) bond motifs is 2. The van der Waals surface area contributed by atoms with E-state index in [1.807, 2.05) is 24.3 Å². The molecule has 0 aliphatic carbocycles. The second-order valence-electron chi connectivity index (χ2n) is 18.1. The first kappa shape index (κ1) is 74.7. The normalized spacial score (nSPS) is 15.7. The number of ether oxygens (including phenoxy) is 1. The third kappa shape index (κ3) is 20.3. The molecule has 7 aromatic rings. The monoisotopic (exact) mass is 1470 g/mol. The summed E-state index contributed by atoms with van der Waals surface area (Å²) in [5, 5.41) is 13.6. The lowest BCUT2D eigenvalue weighted by atomic mass is 9.79. The summed E-state index contributed by atoms with van der Waals surface area (Å²) in [7, 11) is 2.43. The standard InChI is InChI=1S/C18H20BNO.C9H9BrF3NO.C8H7BrF3N.2C8H5BrF3N.C6H4BO2.2CH4/c1-19-20-14-8-13-17(20)18(21-19,15-9-4-2-5-10-15)16-11-6-3-7-12-16;1-15-8(14,9(11,12)13)6-2-4-7(10)5-3-6;3*9-6-3-1-5(2-4-6)7(13)8(10,11)12;1-2-4-6-5(3-1)8-7-9-6;;/h2-7,9-12,17H,8,13-14H2,1H3;2-5H,14H2,1H3;1-4,7H,13H2;2*1-4,13H;1-4H;2*1H4/t17-;;7-;;;;;/m1.1...../s1. The molecule has 0 amide bonds. The summed E-state index contributed by atoms with van der Waals surface area (Å²) in [6.07, 6.45) is -15.7. The Morgan fingerprint density at radius 2 is 0.953 bits per heavy atom. The molecule has 86 heavy (non-hydrogen) atoms. The summed E-state index contributed by atoms with van der Waals surface area (Å²) >= 11 is 12.4. The van der Waals surface area contributed by atoms with Crippen molar-refractivity contribution in [2.45, 2.75) is 82.6 Å². The third-order valence-corrected chi connectivity index (χ3v) is 14.7. The van der Waals surface area contributed by atoms with Gasteiger partial charge in [-0.25, -0.2) is 0 Å². The molecule has 0 spiro atoms. The smallest absolute Gasteiger partial charge is 0.524 e. The third-order valence-electron chi connectivity index (χ3n) is 12.6. The summed E-state index contributed by atoms with van der Waals surface area (Å²) < 4.78 is 170. The minimum absolute atomic E-state index is 0. The fourth-order valence-electron chi connectivity index (χ4n) is 8.42. The van der Waals surface area contributed by atoms with Crippen LogP contribution in [0.4, 0.5) is 52.7 Å². The number of para-hydroxylation sites is 2. The highest BCUT2D eigenvalue weighted by Crippen LogP contribution is 2.49. The SMILES string of the molecule is C.C.CB1OC(c2ccccc2)(c2ccccc2)[C@H]2CCCN12.COC(N)(c1ccc(Br)cc1)C(F)(F)F.N=C(c1ccc(Br)cc1)C(F)(F)F.N=C(c1ccc(Br)cc1)C(F)(F)F.N[C@H](c1ccc(Br)cc1)C(F)(F)F.[B]1Oc2ccccc2O1. The molecular formula is C59H58B2Br4F12N5O4. The molecule has 2 fully saturated rings. The maximum atomic E-state index is 12.6. The lowest BCUT2D eigenvalue weighted by Gasteiger charge is -2.36. The molecule has 6 N–H and O–H groups in total. The van der Waals surface area contributed by atoms with E-state index in [-0.39, 0.29) is 49.8 Å². The van der Waals surface area contributed by atoms with Crippen LogP contribution in [-0.2, 0) is 20.7 Å². The maximum Gasteiger partial charge on any atom is 0.658 e. The molecule has 3 heterocycles. The van der Waals surface area contributed by atoms with E-state index < -0.39 is 47.9 Å². The van der Waals surface area contributed by atoms with E-state index in [9.17, 15) is 52.7 Å². The zero-order chi connectivity index (χ0) is 62.3. The van der Waals surface area contributed by atoms with Crippen molar-refractivity contribution >= 4 is 89.9 Å². The molecule has 2 saturated heterocycles. The van der Waals surface area contributed by atoms with Crippen molar-refractivity contribution in [2.24, 2.45) is 11.5 Å². The Morgan fingerprint density at radius 3 is 1.30 bits per heavy atom. The average Bonchev–Trinajstić information content (AvgIpc) is 1.88. The van der Waals surface area contributed by atoms with Gasteiger partial charge in [0.2, 0.25) is 5.72 Å². The van der Waals surface area contributed by atoms with Crippen LogP contribution in [0.25, 0.3) is 0 Å². The van der Waals surface area contributed by atoms with Crippen LogP contribution in [0.2, 0.25) is 6.82 Å². The average molecular weight is 1470 g/mol. The van der Waals surface area contributed by atoms with Gasteiger partial charge in [-0.2, -0.15) is 52.7 Å². The Labute approximate surface area is 526 Å². The molecule has 0 saturated carbocycles. The topological polar surface area (TPSA) is 140 Å². The summed E-state index contributed by atoms with van der Waals surface area (Å²) in [6.45, 7) is 3.33. The van der Waals surface area contributed by atoms with Crippen molar-refractivity contribution in [3.05, 3.63) is 233 Å². The first-order valence-electron chi connectivity index (χ1n) is 24.7. The van der Waals surface area contributed by atoms with E-state index in [0.717, 1.165) is 29.6 Å². The van der Waals surface area contributed by atoms with Gasteiger partial charge >= 0.3 is 39.4 Å². The van der Waals surface area contributed by atoms with Gasteiger partial charge in [0.05, 0.1) is 0 Å². The van der Waals surface area contributed by atoms with Gasteiger partial charge < -0.3 is 29.2 Å². The van der Waals surface area contributed by atoms with Gasteiger partial charge in [-0.3, -0.25) is 16.6 Å². The van der Waals surface area contributed by atoms with Crippen LogP contribution in [0.1, 0.15) is 67.1 Å². The molecule has 3 aliphatic rings. The Bertz CT molecular complexity index is 3070. The van der Waals surface area contributed by atoms with Crippen molar-refractivity contribution in [3.8, 4) is 11.5 Å². The van der Waals surface area contributed by atoms with E-state index in [4.69, 9.17) is 36.2 Å². The largest absolute Gasteiger partial charge is 0.658 e. The van der Waals surface area contributed by atoms with Crippen molar-refractivity contribution in [1.29, 1.82) is 10.8 Å². The van der Waals surface area contributed by atoms with E-state index >= 15 is 0 Å². The first-order valence-corrected chi connectivity index (χ1v) is 27.9. The predicted molar refractivity (Wildman–Crippen MR) is 327 cm³/mol. The maximum absolute atomic E-state index is 12.6. The van der Waals surface area contributed by atoms with Crippen LogP contribution in [0, 0.1) is 10.8 Å². The fraction of sp³-hybridized carbons (Fsp3) is 0.254. The number of halogens is 16. The van der Waals surface area contributed by atoms with Gasteiger partial charge in [-0.1, -0.05) is 200 Å². The van der Waals surface area contributed by atoms with Crippen LogP contribution in [0.3, 0.4) is 0 Å². The van der Waals surface area contributed by atoms with Gasteiger partial charge in [-0.05, 0) is 104 Å². The molecule has 0 aromatic heterocycles. The van der Waals surface area contributed by atoms with Crippen molar-refractivity contribution in [2.75, 3.05) is 13.7 Å². The number of benzene rings is 7. The number of rotatable bonds is 7. The summed E-state index contributed by atoms with van der Waals surface area (Å²) in [5.41, 5.74) is 6.67. The predicted octanol–water partition coefficient (Wildman–Crippen LogP) is 18.3. The highest BCUT2D eigenvalue weighted by Gasteiger charge is 2.57. The van der Waals surface area contributed by atoms with Gasteiger partial charge in [0, 0.05) is 47.7 Å². The number of nitrogens with zero attached hydrogens (tertiary/aromatic N) is 1.